The molecule has 0 amide bonds. The predicted octanol–water partition coefficient (Wildman–Crippen LogP) is 2.23. The van der Waals surface area contributed by atoms with Gasteiger partial charge in [-0.25, -0.2) is 0 Å². The summed E-state index contributed by atoms with van der Waals surface area (Å²) in [5, 5.41) is 1.11. The number of hydrogen-bond acceptors (Lipinski definition) is 2. The Morgan fingerprint density at radius 1 is 1.33 bits per heavy atom. The standard InChI is InChI=1S/C13H11NO/c1-15-8-4-5-11-9-12-6-2-3-7-13(12)14-10-11/h2-3,6-7,9-10H,8H2,1H3. The average Bonchev–Trinajstić information content (AvgIpc) is 2.29. The van der Waals surface area contributed by atoms with E-state index >= 15 is 0 Å². The van der Waals surface area contributed by atoms with Gasteiger partial charge in [0.2, 0.25) is 0 Å². The van der Waals surface area contributed by atoms with Crippen LogP contribution in [-0.2, 0) is 4.74 Å². The number of hydrogen-bond donors (Lipinski definition) is 0. The molecule has 0 spiro atoms. The molecule has 0 aliphatic heterocycles. The molecule has 2 rings (SSSR count). The summed E-state index contributed by atoms with van der Waals surface area (Å²) in [5.74, 6) is 5.90. The van der Waals surface area contributed by atoms with Crippen LogP contribution in [0.1, 0.15) is 5.56 Å². The van der Waals surface area contributed by atoms with E-state index in [0.717, 1.165) is 16.5 Å². The maximum Gasteiger partial charge on any atom is 0.107 e. The molecule has 74 valence electrons. The number of aromatic nitrogens is 1. The Bertz CT molecular complexity index is 523. The van der Waals surface area contributed by atoms with Crippen molar-refractivity contribution in [3.05, 3.63) is 42.1 Å². The summed E-state index contributed by atoms with van der Waals surface area (Å²) in [6, 6.07) is 10.0. The first-order valence-electron chi connectivity index (χ1n) is 4.73. The second-order valence-electron chi connectivity index (χ2n) is 3.15. The molecule has 0 atom stereocenters. The third-order valence-electron chi connectivity index (χ3n) is 2.04. The Morgan fingerprint density at radius 2 is 2.20 bits per heavy atom. The van der Waals surface area contributed by atoms with E-state index in [0.29, 0.717) is 6.61 Å². The minimum atomic E-state index is 0.451. The van der Waals surface area contributed by atoms with Gasteiger partial charge in [-0.3, -0.25) is 4.98 Å². The first-order valence-corrected chi connectivity index (χ1v) is 4.73. The lowest BCUT2D eigenvalue weighted by atomic mass is 10.2. The topological polar surface area (TPSA) is 22.1 Å². The molecule has 1 aromatic heterocycles. The summed E-state index contributed by atoms with van der Waals surface area (Å²) < 4.78 is 4.86. The predicted molar refractivity (Wildman–Crippen MR) is 60.5 cm³/mol. The number of ether oxygens (including phenoxy) is 1. The fraction of sp³-hybridized carbons (Fsp3) is 0.154. The quantitative estimate of drug-likeness (QED) is 0.654. The van der Waals surface area contributed by atoms with E-state index in [1.807, 2.05) is 30.3 Å². The van der Waals surface area contributed by atoms with E-state index in [9.17, 15) is 0 Å². The maximum absolute atomic E-state index is 4.86. The van der Waals surface area contributed by atoms with Gasteiger partial charge in [0.25, 0.3) is 0 Å². The lowest BCUT2D eigenvalue weighted by Gasteiger charge is -1.96. The van der Waals surface area contributed by atoms with E-state index in [1.165, 1.54) is 0 Å². The zero-order valence-corrected chi connectivity index (χ0v) is 8.53. The largest absolute Gasteiger partial charge is 0.372 e. The summed E-state index contributed by atoms with van der Waals surface area (Å²) in [6.07, 6.45) is 1.78. The lowest BCUT2D eigenvalue weighted by molar-refractivity contribution is 0.240. The number of fused-ring (bicyclic) bond motifs is 1. The van der Waals surface area contributed by atoms with Crippen LogP contribution in [0.4, 0.5) is 0 Å². The molecule has 2 aromatic rings. The normalized spacial score (nSPS) is 9.67. The summed E-state index contributed by atoms with van der Waals surface area (Å²) >= 11 is 0. The fourth-order valence-corrected chi connectivity index (χ4v) is 1.35. The number of pyridine rings is 1. The van der Waals surface area contributed by atoms with E-state index in [1.54, 1.807) is 13.3 Å². The van der Waals surface area contributed by atoms with Crippen molar-refractivity contribution in [2.75, 3.05) is 13.7 Å². The number of rotatable bonds is 1. The molecule has 2 heteroatoms. The molecule has 0 radical (unpaired) electrons. The van der Waals surface area contributed by atoms with Crippen LogP contribution in [0.15, 0.2) is 36.5 Å². The highest BCUT2D eigenvalue weighted by atomic mass is 16.5. The first kappa shape index (κ1) is 9.70. The van der Waals surface area contributed by atoms with Crippen molar-refractivity contribution < 1.29 is 4.74 Å². The van der Waals surface area contributed by atoms with Crippen LogP contribution in [0.2, 0.25) is 0 Å². The van der Waals surface area contributed by atoms with Gasteiger partial charge in [-0.05, 0) is 12.1 Å². The maximum atomic E-state index is 4.86. The third-order valence-corrected chi connectivity index (χ3v) is 2.04. The van der Waals surface area contributed by atoms with Crippen molar-refractivity contribution in [1.82, 2.24) is 4.98 Å². The molecule has 0 bridgehead atoms. The Hall–Kier alpha value is -1.85. The molecule has 0 saturated heterocycles. The zero-order valence-electron chi connectivity index (χ0n) is 8.53. The molecule has 0 unspecified atom stereocenters. The Balaban J connectivity index is 2.36. The van der Waals surface area contributed by atoms with E-state index in [4.69, 9.17) is 4.74 Å². The summed E-state index contributed by atoms with van der Waals surface area (Å²) in [4.78, 5) is 4.32. The highest BCUT2D eigenvalue weighted by molar-refractivity contribution is 5.79. The van der Waals surface area contributed by atoms with Crippen molar-refractivity contribution >= 4 is 10.9 Å². The molecule has 0 N–H and O–H groups in total. The molecule has 1 aromatic carbocycles. The van der Waals surface area contributed by atoms with E-state index in [2.05, 4.69) is 16.8 Å². The molecular formula is C13H11NO. The molecule has 1 heterocycles. The second kappa shape index (κ2) is 4.59. The monoisotopic (exact) mass is 197 g/mol. The number of methoxy groups -OCH3 is 1. The molecule has 0 saturated carbocycles. The number of benzene rings is 1. The SMILES string of the molecule is COCC#Cc1cnc2ccccc2c1. The van der Waals surface area contributed by atoms with Crippen LogP contribution in [-0.4, -0.2) is 18.7 Å². The number of para-hydroxylation sites is 1. The minimum Gasteiger partial charge on any atom is -0.372 e. The van der Waals surface area contributed by atoms with Gasteiger partial charge in [0.1, 0.15) is 6.61 Å². The average molecular weight is 197 g/mol. The van der Waals surface area contributed by atoms with Crippen molar-refractivity contribution in [2.45, 2.75) is 0 Å². The van der Waals surface area contributed by atoms with Gasteiger partial charge in [-0.1, -0.05) is 30.0 Å². The summed E-state index contributed by atoms with van der Waals surface area (Å²) in [7, 11) is 1.63. The second-order valence-corrected chi connectivity index (χ2v) is 3.15. The Morgan fingerprint density at radius 3 is 3.07 bits per heavy atom. The molecule has 0 aliphatic rings. The molecule has 2 nitrogen and oxygen atoms in total. The lowest BCUT2D eigenvalue weighted by Crippen LogP contribution is -1.84. The van der Waals surface area contributed by atoms with Gasteiger partial charge in [-0.15, -0.1) is 0 Å². The third kappa shape index (κ3) is 2.34. The van der Waals surface area contributed by atoms with Gasteiger partial charge in [0, 0.05) is 24.3 Å². The van der Waals surface area contributed by atoms with Crippen molar-refractivity contribution in [1.29, 1.82) is 0 Å². The van der Waals surface area contributed by atoms with E-state index in [-0.39, 0.29) is 0 Å². The highest BCUT2D eigenvalue weighted by Crippen LogP contribution is 2.11. The van der Waals surface area contributed by atoms with Crippen LogP contribution < -0.4 is 0 Å². The number of nitrogens with zero attached hydrogens (tertiary/aromatic N) is 1. The molecule has 15 heavy (non-hydrogen) atoms. The summed E-state index contributed by atoms with van der Waals surface area (Å²) in [6.45, 7) is 0.451. The molecular weight excluding hydrogens is 186 g/mol. The molecule has 0 fully saturated rings. The van der Waals surface area contributed by atoms with Gasteiger partial charge in [-0.2, -0.15) is 0 Å². The van der Waals surface area contributed by atoms with Crippen LogP contribution in [0.3, 0.4) is 0 Å². The van der Waals surface area contributed by atoms with Crippen LogP contribution in [0, 0.1) is 11.8 Å². The van der Waals surface area contributed by atoms with E-state index < -0.39 is 0 Å². The first-order chi connectivity index (χ1) is 7.40. The Labute approximate surface area is 88.9 Å². The van der Waals surface area contributed by atoms with Gasteiger partial charge >= 0.3 is 0 Å². The smallest absolute Gasteiger partial charge is 0.107 e. The van der Waals surface area contributed by atoms with Crippen LogP contribution in [0.5, 0.6) is 0 Å². The van der Waals surface area contributed by atoms with Gasteiger partial charge < -0.3 is 4.74 Å². The van der Waals surface area contributed by atoms with Crippen molar-refractivity contribution in [3.63, 3.8) is 0 Å². The highest BCUT2D eigenvalue weighted by Gasteiger charge is 1.93. The Kier molecular flexibility index (Phi) is 2.96. The van der Waals surface area contributed by atoms with Crippen LogP contribution >= 0.6 is 0 Å². The van der Waals surface area contributed by atoms with Gasteiger partial charge in [0.05, 0.1) is 5.52 Å². The minimum absolute atomic E-state index is 0.451. The van der Waals surface area contributed by atoms with Crippen molar-refractivity contribution in [3.8, 4) is 11.8 Å². The molecule has 0 aliphatic carbocycles. The fourth-order valence-electron chi connectivity index (χ4n) is 1.35. The van der Waals surface area contributed by atoms with Gasteiger partial charge in [0.15, 0.2) is 0 Å². The zero-order chi connectivity index (χ0) is 10.5. The summed E-state index contributed by atoms with van der Waals surface area (Å²) in [5.41, 5.74) is 1.92. The van der Waals surface area contributed by atoms with Crippen molar-refractivity contribution in [2.24, 2.45) is 0 Å². The van der Waals surface area contributed by atoms with Crippen LogP contribution in [0.25, 0.3) is 10.9 Å².